The summed E-state index contributed by atoms with van der Waals surface area (Å²) in [4.78, 5) is 0. The molecule has 58 valence electrons. The smallest absolute Gasteiger partial charge is 0.0191 e. The van der Waals surface area contributed by atoms with Crippen LogP contribution in [0.25, 0.3) is 0 Å². The first-order valence-electron chi connectivity index (χ1n) is 4.38. The van der Waals surface area contributed by atoms with Crippen LogP contribution >= 0.6 is 0 Å². The van der Waals surface area contributed by atoms with Crippen LogP contribution in [0, 0.1) is 11.8 Å². The van der Waals surface area contributed by atoms with E-state index in [2.05, 4.69) is 27.7 Å². The highest BCUT2D eigenvalue weighted by molar-refractivity contribution is 5.29. The van der Waals surface area contributed by atoms with Gasteiger partial charge in [0.2, 0.25) is 0 Å². The van der Waals surface area contributed by atoms with E-state index in [-0.39, 0.29) is 0 Å². The molecule has 0 heteroatoms. The van der Waals surface area contributed by atoms with Crippen LogP contribution in [0.5, 0.6) is 0 Å². The third-order valence-corrected chi connectivity index (χ3v) is 2.45. The SMILES string of the molecule is CC/C(=C1\CC1C)C(C)C. The minimum absolute atomic E-state index is 0.782. The van der Waals surface area contributed by atoms with Gasteiger partial charge in [0.15, 0.2) is 0 Å². The van der Waals surface area contributed by atoms with E-state index in [1.807, 2.05) is 0 Å². The summed E-state index contributed by atoms with van der Waals surface area (Å²) < 4.78 is 0. The van der Waals surface area contributed by atoms with Gasteiger partial charge in [-0.05, 0) is 24.7 Å². The van der Waals surface area contributed by atoms with Crippen molar-refractivity contribution >= 4 is 0 Å². The van der Waals surface area contributed by atoms with Crippen molar-refractivity contribution in [3.8, 4) is 0 Å². The molecule has 0 saturated heterocycles. The van der Waals surface area contributed by atoms with E-state index in [1.165, 1.54) is 12.8 Å². The zero-order valence-corrected chi connectivity index (χ0v) is 7.57. The van der Waals surface area contributed by atoms with Crippen molar-refractivity contribution in [2.75, 3.05) is 0 Å². The second-order valence-corrected chi connectivity index (χ2v) is 3.66. The highest BCUT2D eigenvalue weighted by Crippen LogP contribution is 2.42. The average Bonchev–Trinajstić information content (AvgIpc) is 2.48. The van der Waals surface area contributed by atoms with E-state index in [0.29, 0.717) is 0 Å². The first-order chi connectivity index (χ1) is 4.66. The molecular weight excluding hydrogens is 120 g/mol. The van der Waals surface area contributed by atoms with Gasteiger partial charge in [-0.15, -0.1) is 0 Å². The summed E-state index contributed by atoms with van der Waals surface area (Å²) >= 11 is 0. The fourth-order valence-corrected chi connectivity index (χ4v) is 1.72. The van der Waals surface area contributed by atoms with Crippen LogP contribution in [0.3, 0.4) is 0 Å². The molecule has 0 aromatic carbocycles. The van der Waals surface area contributed by atoms with Gasteiger partial charge in [0.25, 0.3) is 0 Å². The Morgan fingerprint density at radius 2 is 2.10 bits per heavy atom. The average molecular weight is 138 g/mol. The van der Waals surface area contributed by atoms with Crippen LogP contribution in [0.15, 0.2) is 11.1 Å². The van der Waals surface area contributed by atoms with E-state index in [9.17, 15) is 0 Å². The molecule has 1 saturated carbocycles. The second-order valence-electron chi connectivity index (χ2n) is 3.66. The number of rotatable bonds is 2. The Kier molecular flexibility index (Phi) is 2.18. The minimum Gasteiger partial charge on any atom is -0.0684 e. The van der Waals surface area contributed by atoms with E-state index in [0.717, 1.165) is 11.8 Å². The van der Waals surface area contributed by atoms with Crippen LogP contribution in [0.2, 0.25) is 0 Å². The Bertz CT molecular complexity index is 151. The highest BCUT2D eigenvalue weighted by Gasteiger charge is 2.27. The molecule has 0 amide bonds. The monoisotopic (exact) mass is 138 g/mol. The molecule has 0 bridgehead atoms. The van der Waals surface area contributed by atoms with Gasteiger partial charge in [0.05, 0.1) is 0 Å². The fraction of sp³-hybridized carbons (Fsp3) is 0.800. The lowest BCUT2D eigenvalue weighted by molar-refractivity contribution is 0.724. The number of hydrogen-bond acceptors (Lipinski definition) is 0. The van der Waals surface area contributed by atoms with Gasteiger partial charge in [-0.1, -0.05) is 38.8 Å². The second kappa shape index (κ2) is 2.77. The summed E-state index contributed by atoms with van der Waals surface area (Å²) in [5.74, 6) is 1.70. The molecule has 10 heavy (non-hydrogen) atoms. The maximum atomic E-state index is 2.33. The lowest BCUT2D eigenvalue weighted by Crippen LogP contribution is -1.92. The molecule has 0 heterocycles. The van der Waals surface area contributed by atoms with Crippen molar-refractivity contribution in [2.24, 2.45) is 11.8 Å². The van der Waals surface area contributed by atoms with E-state index >= 15 is 0 Å². The quantitative estimate of drug-likeness (QED) is 0.513. The van der Waals surface area contributed by atoms with Gasteiger partial charge < -0.3 is 0 Å². The highest BCUT2D eigenvalue weighted by atomic mass is 14.3. The molecule has 0 spiro atoms. The third-order valence-electron chi connectivity index (χ3n) is 2.45. The zero-order chi connectivity index (χ0) is 7.72. The summed E-state index contributed by atoms with van der Waals surface area (Å²) in [5.41, 5.74) is 3.46. The normalized spacial score (nSPS) is 29.1. The largest absolute Gasteiger partial charge is 0.0684 e. The summed E-state index contributed by atoms with van der Waals surface area (Å²) in [7, 11) is 0. The van der Waals surface area contributed by atoms with E-state index < -0.39 is 0 Å². The Hall–Kier alpha value is -0.260. The molecule has 1 fully saturated rings. The molecule has 0 N–H and O–H groups in total. The van der Waals surface area contributed by atoms with Crippen molar-refractivity contribution in [3.05, 3.63) is 11.1 Å². The topological polar surface area (TPSA) is 0 Å². The van der Waals surface area contributed by atoms with Gasteiger partial charge >= 0.3 is 0 Å². The molecular formula is C10H18. The fourth-order valence-electron chi connectivity index (χ4n) is 1.72. The first-order valence-corrected chi connectivity index (χ1v) is 4.38. The maximum Gasteiger partial charge on any atom is -0.0191 e. The predicted octanol–water partition coefficient (Wildman–Crippen LogP) is 3.39. The van der Waals surface area contributed by atoms with Gasteiger partial charge in [-0.25, -0.2) is 0 Å². The number of allylic oxidation sites excluding steroid dienone is 2. The van der Waals surface area contributed by atoms with Crippen molar-refractivity contribution < 1.29 is 0 Å². The third kappa shape index (κ3) is 1.42. The van der Waals surface area contributed by atoms with Gasteiger partial charge in [0, 0.05) is 0 Å². The molecule has 1 aliphatic rings. The minimum atomic E-state index is 0.782. The Morgan fingerprint density at radius 3 is 2.20 bits per heavy atom. The van der Waals surface area contributed by atoms with Crippen LogP contribution in [0.1, 0.15) is 40.5 Å². The summed E-state index contributed by atoms with van der Waals surface area (Å²) in [5, 5.41) is 0. The van der Waals surface area contributed by atoms with Gasteiger partial charge in [-0.2, -0.15) is 0 Å². The summed E-state index contributed by atoms with van der Waals surface area (Å²) in [6, 6.07) is 0. The summed E-state index contributed by atoms with van der Waals surface area (Å²) in [6.45, 7) is 9.20. The van der Waals surface area contributed by atoms with E-state index in [1.54, 1.807) is 11.1 Å². The molecule has 1 atom stereocenters. The molecule has 0 aromatic heterocycles. The zero-order valence-electron chi connectivity index (χ0n) is 7.57. The Balaban J connectivity index is 2.66. The van der Waals surface area contributed by atoms with Crippen molar-refractivity contribution in [1.82, 2.24) is 0 Å². The molecule has 0 nitrogen and oxygen atoms in total. The van der Waals surface area contributed by atoms with Crippen LogP contribution < -0.4 is 0 Å². The lowest BCUT2D eigenvalue weighted by atomic mass is 9.99. The first kappa shape index (κ1) is 7.84. The standard InChI is InChI=1S/C10H18/c1-5-9(7(2)3)10-6-8(10)4/h7-8H,5-6H2,1-4H3/b10-9-. The van der Waals surface area contributed by atoms with Gasteiger partial charge in [-0.3, -0.25) is 0 Å². The number of hydrogen-bond donors (Lipinski definition) is 0. The van der Waals surface area contributed by atoms with Crippen molar-refractivity contribution in [3.63, 3.8) is 0 Å². The summed E-state index contributed by atoms with van der Waals surface area (Å²) in [6.07, 6.45) is 2.64. The maximum absolute atomic E-state index is 2.33. The predicted molar refractivity (Wildman–Crippen MR) is 45.9 cm³/mol. The van der Waals surface area contributed by atoms with Gasteiger partial charge in [0.1, 0.15) is 0 Å². The van der Waals surface area contributed by atoms with Crippen LogP contribution in [0.4, 0.5) is 0 Å². The Labute approximate surface area is 64.3 Å². The molecule has 1 aliphatic carbocycles. The molecule has 0 aliphatic heterocycles. The van der Waals surface area contributed by atoms with Crippen molar-refractivity contribution in [2.45, 2.75) is 40.5 Å². The van der Waals surface area contributed by atoms with E-state index in [4.69, 9.17) is 0 Å². The lowest BCUT2D eigenvalue weighted by Gasteiger charge is -2.07. The molecule has 0 radical (unpaired) electrons. The van der Waals surface area contributed by atoms with Crippen LogP contribution in [-0.2, 0) is 0 Å². The van der Waals surface area contributed by atoms with Crippen LogP contribution in [-0.4, -0.2) is 0 Å². The van der Waals surface area contributed by atoms with Crippen molar-refractivity contribution in [1.29, 1.82) is 0 Å². The Morgan fingerprint density at radius 1 is 1.60 bits per heavy atom. The molecule has 1 unspecified atom stereocenters. The molecule has 1 rings (SSSR count). The molecule has 0 aromatic rings.